The van der Waals surface area contributed by atoms with Gasteiger partial charge in [-0.3, -0.25) is 4.79 Å². The van der Waals surface area contributed by atoms with Gasteiger partial charge in [0, 0.05) is 11.4 Å². The molecule has 1 atom stereocenters. The molecule has 1 N–H and O–H groups in total. The van der Waals surface area contributed by atoms with Gasteiger partial charge in [-0.15, -0.1) is 11.3 Å². The van der Waals surface area contributed by atoms with E-state index < -0.39 is 12.0 Å². The summed E-state index contributed by atoms with van der Waals surface area (Å²) in [6, 6.07) is 1.25. The van der Waals surface area contributed by atoms with E-state index >= 15 is 0 Å². The number of nitrogens with zero attached hydrogens (tertiary/aromatic N) is 1. The minimum Gasteiger partial charge on any atom is -0.480 e. The molecule has 98 valence electrons. The normalized spacial score (nSPS) is 19.2. The van der Waals surface area contributed by atoms with Crippen molar-refractivity contribution in [3.8, 4) is 0 Å². The van der Waals surface area contributed by atoms with Crippen LogP contribution in [-0.2, 0) is 11.2 Å². The van der Waals surface area contributed by atoms with E-state index in [0.717, 1.165) is 17.7 Å². The van der Waals surface area contributed by atoms with Crippen LogP contribution < -0.4 is 0 Å². The molecule has 0 saturated carbocycles. The summed E-state index contributed by atoms with van der Waals surface area (Å²) in [5, 5.41) is 9.09. The summed E-state index contributed by atoms with van der Waals surface area (Å²) in [7, 11) is 0. The highest BCUT2D eigenvalue weighted by atomic mass is 32.1. The summed E-state index contributed by atoms with van der Waals surface area (Å²) in [6.45, 7) is 4.60. The molecule has 18 heavy (non-hydrogen) atoms. The van der Waals surface area contributed by atoms with Gasteiger partial charge in [-0.2, -0.15) is 0 Å². The number of carbonyl (C=O) groups is 2. The molecule has 2 rings (SSSR count). The van der Waals surface area contributed by atoms with Crippen LogP contribution in [0.4, 0.5) is 0 Å². The second kappa shape index (κ2) is 5.10. The summed E-state index contributed by atoms with van der Waals surface area (Å²) in [6.07, 6.45) is 2.23. The average Bonchev–Trinajstić information content (AvgIpc) is 2.93. The first-order valence-electron chi connectivity index (χ1n) is 6.17. The molecule has 0 spiro atoms. The van der Waals surface area contributed by atoms with Gasteiger partial charge in [0.2, 0.25) is 0 Å². The lowest BCUT2D eigenvalue weighted by Gasteiger charge is -2.20. The highest BCUT2D eigenvalue weighted by Gasteiger charge is 2.35. The molecule has 1 aromatic rings. The third-order valence-corrected chi connectivity index (χ3v) is 4.49. The predicted octanol–water partition coefficient (Wildman–Crippen LogP) is 2.31. The zero-order chi connectivity index (χ0) is 13.3. The molecule has 0 bridgehead atoms. The van der Waals surface area contributed by atoms with E-state index in [2.05, 4.69) is 6.92 Å². The number of carboxylic acids is 1. The maximum absolute atomic E-state index is 12.3. The van der Waals surface area contributed by atoms with E-state index in [-0.39, 0.29) is 5.91 Å². The van der Waals surface area contributed by atoms with Crippen LogP contribution in [0.25, 0.3) is 0 Å². The summed E-state index contributed by atoms with van der Waals surface area (Å²) < 4.78 is 0. The average molecular weight is 267 g/mol. The zero-order valence-electron chi connectivity index (χ0n) is 10.6. The first kappa shape index (κ1) is 13.1. The molecule has 4 nitrogen and oxygen atoms in total. The molecule has 5 heteroatoms. The maximum atomic E-state index is 12.3. The fourth-order valence-corrected chi connectivity index (χ4v) is 3.45. The fraction of sp³-hybridized carbons (Fsp3) is 0.538. The van der Waals surface area contributed by atoms with Crippen molar-refractivity contribution in [2.75, 3.05) is 6.54 Å². The molecule has 1 aliphatic rings. The van der Waals surface area contributed by atoms with Crippen LogP contribution in [-0.4, -0.2) is 34.5 Å². The predicted molar refractivity (Wildman–Crippen MR) is 70.1 cm³/mol. The highest BCUT2D eigenvalue weighted by molar-refractivity contribution is 7.14. The third-order valence-electron chi connectivity index (χ3n) is 3.41. The van der Waals surface area contributed by atoms with Crippen molar-refractivity contribution in [2.24, 2.45) is 0 Å². The SMILES string of the molecule is CCc1cc(C(=O)N2CCC[C@@H]2C(=O)O)sc1C. The third kappa shape index (κ3) is 2.27. The van der Waals surface area contributed by atoms with Crippen molar-refractivity contribution in [1.82, 2.24) is 4.90 Å². The number of amides is 1. The van der Waals surface area contributed by atoms with Crippen molar-refractivity contribution in [3.63, 3.8) is 0 Å². The first-order valence-corrected chi connectivity index (χ1v) is 6.99. The van der Waals surface area contributed by atoms with Gasteiger partial charge in [0.1, 0.15) is 6.04 Å². The minimum absolute atomic E-state index is 0.132. The second-order valence-electron chi connectivity index (χ2n) is 4.54. The minimum atomic E-state index is -0.898. The fourth-order valence-electron chi connectivity index (χ4n) is 2.38. The number of rotatable bonds is 3. The van der Waals surface area contributed by atoms with Gasteiger partial charge < -0.3 is 10.0 Å². The van der Waals surface area contributed by atoms with Crippen LogP contribution in [0.3, 0.4) is 0 Å². The van der Waals surface area contributed by atoms with Crippen molar-refractivity contribution in [1.29, 1.82) is 0 Å². The van der Waals surface area contributed by atoms with E-state index in [9.17, 15) is 9.59 Å². The summed E-state index contributed by atoms with van der Waals surface area (Å²) in [5.74, 6) is -1.03. The number of hydrogen-bond acceptors (Lipinski definition) is 3. The number of likely N-dealkylation sites (tertiary alicyclic amines) is 1. The van der Waals surface area contributed by atoms with Gasteiger partial charge in [0.25, 0.3) is 5.91 Å². The highest BCUT2D eigenvalue weighted by Crippen LogP contribution is 2.26. The lowest BCUT2D eigenvalue weighted by molar-refractivity contribution is -0.141. The van der Waals surface area contributed by atoms with Crippen LogP contribution >= 0.6 is 11.3 Å². The number of aryl methyl sites for hydroxylation is 2. The Bertz CT molecular complexity index is 481. The number of carboxylic acid groups (broad SMARTS) is 1. The number of hydrogen-bond donors (Lipinski definition) is 1. The Morgan fingerprint density at radius 1 is 1.56 bits per heavy atom. The Kier molecular flexibility index (Phi) is 3.71. The second-order valence-corrected chi connectivity index (χ2v) is 5.80. The quantitative estimate of drug-likeness (QED) is 0.914. The number of carbonyl (C=O) groups excluding carboxylic acids is 1. The Balaban J connectivity index is 2.22. The van der Waals surface area contributed by atoms with Crippen LogP contribution in [0.5, 0.6) is 0 Å². The first-order chi connectivity index (χ1) is 8.54. The van der Waals surface area contributed by atoms with E-state index in [0.29, 0.717) is 17.8 Å². The van der Waals surface area contributed by atoms with Crippen molar-refractivity contribution in [2.45, 2.75) is 39.2 Å². The van der Waals surface area contributed by atoms with Crippen LogP contribution in [0.1, 0.15) is 39.9 Å². The van der Waals surface area contributed by atoms with Crippen LogP contribution in [0, 0.1) is 6.92 Å². The number of aliphatic carboxylic acids is 1. The molecule has 1 aromatic heterocycles. The molecular formula is C13H17NO3S. The van der Waals surface area contributed by atoms with Gasteiger partial charge in [-0.1, -0.05) is 6.92 Å². The van der Waals surface area contributed by atoms with Crippen molar-refractivity contribution < 1.29 is 14.7 Å². The van der Waals surface area contributed by atoms with Gasteiger partial charge in [-0.25, -0.2) is 4.79 Å². The van der Waals surface area contributed by atoms with Gasteiger partial charge in [-0.05, 0) is 37.8 Å². The molecule has 2 heterocycles. The van der Waals surface area contributed by atoms with Crippen LogP contribution in [0.2, 0.25) is 0 Å². The van der Waals surface area contributed by atoms with E-state index in [4.69, 9.17) is 5.11 Å². The molecule has 0 aromatic carbocycles. The molecule has 1 aliphatic heterocycles. The lowest BCUT2D eigenvalue weighted by atomic mass is 10.2. The summed E-state index contributed by atoms with van der Waals surface area (Å²) >= 11 is 1.46. The summed E-state index contributed by atoms with van der Waals surface area (Å²) in [5.41, 5.74) is 1.18. The van der Waals surface area contributed by atoms with E-state index in [1.54, 1.807) is 0 Å². The Morgan fingerprint density at radius 3 is 2.83 bits per heavy atom. The molecular weight excluding hydrogens is 250 g/mol. The monoisotopic (exact) mass is 267 g/mol. The zero-order valence-corrected chi connectivity index (χ0v) is 11.4. The molecule has 0 aliphatic carbocycles. The van der Waals surface area contributed by atoms with Crippen LogP contribution in [0.15, 0.2) is 6.07 Å². The molecule has 0 radical (unpaired) electrons. The molecule has 1 fully saturated rings. The molecule has 1 saturated heterocycles. The molecule has 1 amide bonds. The Hall–Kier alpha value is -1.36. The standard InChI is InChI=1S/C13H17NO3S/c1-3-9-7-11(18-8(9)2)12(15)14-6-4-5-10(14)13(16)17/h7,10H,3-6H2,1-2H3,(H,16,17)/t10-/m1/s1. The Morgan fingerprint density at radius 2 is 2.28 bits per heavy atom. The van der Waals surface area contributed by atoms with Crippen molar-refractivity contribution >= 4 is 23.2 Å². The van der Waals surface area contributed by atoms with Gasteiger partial charge in [0.05, 0.1) is 4.88 Å². The van der Waals surface area contributed by atoms with Gasteiger partial charge >= 0.3 is 5.97 Å². The summed E-state index contributed by atoms with van der Waals surface area (Å²) in [4.78, 5) is 26.7. The van der Waals surface area contributed by atoms with Crippen molar-refractivity contribution in [3.05, 3.63) is 21.4 Å². The lowest BCUT2D eigenvalue weighted by Crippen LogP contribution is -2.40. The smallest absolute Gasteiger partial charge is 0.326 e. The topological polar surface area (TPSA) is 57.6 Å². The maximum Gasteiger partial charge on any atom is 0.326 e. The number of thiophene rings is 1. The largest absolute Gasteiger partial charge is 0.480 e. The van der Waals surface area contributed by atoms with E-state index in [1.807, 2.05) is 13.0 Å². The Labute approximate surface area is 110 Å². The van der Waals surface area contributed by atoms with Gasteiger partial charge in [0.15, 0.2) is 0 Å². The van der Waals surface area contributed by atoms with E-state index in [1.165, 1.54) is 21.8 Å². The molecule has 0 unspecified atom stereocenters.